The predicted octanol–water partition coefficient (Wildman–Crippen LogP) is 19.3. The Bertz CT molecular complexity index is 898. The third-order valence-electron chi connectivity index (χ3n) is 14.9. The number of carbonyl (C=O) groups excluding carboxylic acids is 1. The van der Waals surface area contributed by atoms with Crippen LogP contribution in [0.2, 0.25) is 0 Å². The van der Waals surface area contributed by atoms with Crippen LogP contribution in [0.5, 0.6) is 0 Å². The molecule has 0 aromatic heterocycles. The minimum absolute atomic E-state index is 0.0434. The van der Waals surface area contributed by atoms with E-state index in [0.29, 0.717) is 12.8 Å². The van der Waals surface area contributed by atoms with Crippen molar-refractivity contribution in [2.45, 2.75) is 379 Å². The second kappa shape index (κ2) is 56.9. The highest BCUT2D eigenvalue weighted by molar-refractivity contribution is 5.76. The first-order valence-electron chi connectivity index (χ1n) is 30.8. The summed E-state index contributed by atoms with van der Waals surface area (Å²) in [6.45, 7) is 4.30. The SMILES string of the molecule is CCCCCCCCCCCCCCCCCCCCCCCCCCCCCCCCCCCCCCCC(O)CC(=O)NC(CO)C(O)CCCCCCCCCCCCCCCC. The van der Waals surface area contributed by atoms with Crippen LogP contribution in [0.25, 0.3) is 0 Å². The van der Waals surface area contributed by atoms with E-state index in [1.165, 1.54) is 302 Å². The fraction of sp³-hybridized carbons (Fsp3) is 0.984. The summed E-state index contributed by atoms with van der Waals surface area (Å²) in [5.41, 5.74) is 0. The molecule has 3 unspecified atom stereocenters. The van der Waals surface area contributed by atoms with Crippen molar-refractivity contribution in [2.75, 3.05) is 6.61 Å². The van der Waals surface area contributed by atoms with Crippen molar-refractivity contribution in [3.63, 3.8) is 0 Å². The molecular weight excluding hydrogens is 811 g/mol. The lowest BCUT2D eigenvalue weighted by molar-refractivity contribution is -0.125. The first-order chi connectivity index (χ1) is 32.5. The Labute approximate surface area is 415 Å². The summed E-state index contributed by atoms with van der Waals surface area (Å²) < 4.78 is 0. The van der Waals surface area contributed by atoms with Gasteiger partial charge in [0.15, 0.2) is 0 Å². The molecule has 4 N–H and O–H groups in total. The molecule has 0 radical (unpaired) electrons. The molecule has 0 heterocycles. The van der Waals surface area contributed by atoms with Gasteiger partial charge in [0.1, 0.15) is 0 Å². The highest BCUT2D eigenvalue weighted by Crippen LogP contribution is 2.19. The topological polar surface area (TPSA) is 89.8 Å². The molecule has 396 valence electrons. The Morgan fingerprint density at radius 2 is 0.515 bits per heavy atom. The number of rotatable bonds is 58. The normalized spacial score (nSPS) is 13.1. The van der Waals surface area contributed by atoms with E-state index in [0.717, 1.165) is 25.7 Å². The van der Waals surface area contributed by atoms with Crippen LogP contribution in [0.15, 0.2) is 0 Å². The van der Waals surface area contributed by atoms with Gasteiger partial charge in [-0.1, -0.05) is 341 Å². The zero-order chi connectivity index (χ0) is 47.9. The number of hydrogen-bond acceptors (Lipinski definition) is 4. The average molecular weight is 935 g/mol. The van der Waals surface area contributed by atoms with E-state index >= 15 is 0 Å². The van der Waals surface area contributed by atoms with Gasteiger partial charge in [-0.25, -0.2) is 0 Å². The number of aliphatic hydroxyl groups is 3. The Morgan fingerprint density at radius 1 is 0.318 bits per heavy atom. The third kappa shape index (κ3) is 52.7. The Kier molecular flexibility index (Phi) is 56.4. The van der Waals surface area contributed by atoms with Crippen molar-refractivity contribution in [2.24, 2.45) is 0 Å². The van der Waals surface area contributed by atoms with Gasteiger partial charge < -0.3 is 20.6 Å². The largest absolute Gasteiger partial charge is 0.394 e. The molecule has 0 aliphatic carbocycles. The molecule has 0 spiro atoms. The first kappa shape index (κ1) is 65.3. The smallest absolute Gasteiger partial charge is 0.222 e. The Hall–Kier alpha value is -0.650. The van der Waals surface area contributed by atoms with Crippen molar-refractivity contribution in [3.05, 3.63) is 0 Å². The summed E-state index contributed by atoms with van der Waals surface area (Å²) in [6.07, 6.45) is 70.2. The quantitative estimate of drug-likeness (QED) is 0.0458. The van der Waals surface area contributed by atoms with E-state index < -0.39 is 18.2 Å². The van der Waals surface area contributed by atoms with Gasteiger partial charge in [0, 0.05) is 0 Å². The van der Waals surface area contributed by atoms with Crippen LogP contribution in [-0.2, 0) is 4.79 Å². The van der Waals surface area contributed by atoms with Crippen LogP contribution in [0.4, 0.5) is 0 Å². The van der Waals surface area contributed by atoms with Crippen LogP contribution in [-0.4, -0.2) is 46.1 Å². The van der Waals surface area contributed by atoms with Crippen LogP contribution < -0.4 is 5.32 Å². The summed E-state index contributed by atoms with van der Waals surface area (Å²) in [5, 5.41) is 33.6. The van der Waals surface area contributed by atoms with Crippen LogP contribution in [0.1, 0.15) is 361 Å². The molecule has 5 nitrogen and oxygen atoms in total. The molecule has 0 fully saturated rings. The van der Waals surface area contributed by atoms with Crippen molar-refractivity contribution < 1.29 is 20.1 Å². The van der Waals surface area contributed by atoms with Crippen molar-refractivity contribution >= 4 is 5.91 Å². The molecule has 5 heteroatoms. The average Bonchev–Trinajstić information content (AvgIpc) is 3.31. The zero-order valence-electron chi connectivity index (χ0n) is 45.4. The van der Waals surface area contributed by atoms with Gasteiger partial charge in [-0.2, -0.15) is 0 Å². The highest BCUT2D eigenvalue weighted by atomic mass is 16.3. The number of aliphatic hydroxyl groups excluding tert-OH is 3. The maximum absolute atomic E-state index is 12.5. The number of amides is 1. The summed E-state index contributed by atoms with van der Waals surface area (Å²) in [6, 6.07) is -0.653. The Balaban J connectivity index is 3.38. The molecule has 0 saturated heterocycles. The second-order valence-electron chi connectivity index (χ2n) is 21.7. The number of nitrogens with one attached hydrogen (secondary N) is 1. The molecule has 0 aromatic carbocycles. The standard InChI is InChI=1S/C61H123NO4/c1-3-5-7-9-11-13-15-17-19-20-21-22-23-24-25-26-27-28-29-30-31-32-33-34-35-36-37-38-39-40-41-42-44-46-48-50-52-54-58(64)56-61(66)62-59(57-63)60(65)55-53-51-49-47-45-43-18-16-14-12-10-8-6-4-2/h58-60,63-65H,3-57H2,1-2H3,(H,62,66). The van der Waals surface area contributed by atoms with Crippen molar-refractivity contribution in [1.82, 2.24) is 5.32 Å². The lowest BCUT2D eigenvalue weighted by Crippen LogP contribution is -2.46. The van der Waals surface area contributed by atoms with Crippen LogP contribution >= 0.6 is 0 Å². The zero-order valence-corrected chi connectivity index (χ0v) is 45.4. The third-order valence-corrected chi connectivity index (χ3v) is 14.9. The molecular formula is C61H123NO4. The molecule has 0 aliphatic rings. The van der Waals surface area contributed by atoms with E-state index in [1.54, 1.807) is 0 Å². The first-order valence-corrected chi connectivity index (χ1v) is 30.8. The predicted molar refractivity (Wildman–Crippen MR) is 292 cm³/mol. The number of carbonyl (C=O) groups is 1. The van der Waals surface area contributed by atoms with Gasteiger partial charge in [0.25, 0.3) is 0 Å². The molecule has 0 rings (SSSR count). The lowest BCUT2D eigenvalue weighted by atomic mass is 10.0. The minimum Gasteiger partial charge on any atom is -0.394 e. The molecule has 0 saturated carbocycles. The molecule has 1 amide bonds. The summed E-state index contributed by atoms with van der Waals surface area (Å²) in [4.78, 5) is 12.5. The number of hydrogen-bond donors (Lipinski definition) is 4. The van der Waals surface area contributed by atoms with E-state index in [2.05, 4.69) is 19.2 Å². The van der Waals surface area contributed by atoms with Crippen molar-refractivity contribution in [3.8, 4) is 0 Å². The van der Waals surface area contributed by atoms with E-state index in [-0.39, 0.29) is 18.9 Å². The van der Waals surface area contributed by atoms with Gasteiger partial charge >= 0.3 is 0 Å². The minimum atomic E-state index is -0.744. The number of unbranched alkanes of at least 4 members (excludes halogenated alkanes) is 49. The summed E-state index contributed by atoms with van der Waals surface area (Å²) in [5.74, 6) is -0.275. The molecule has 3 atom stereocenters. The molecule has 0 aliphatic heterocycles. The summed E-state index contributed by atoms with van der Waals surface area (Å²) in [7, 11) is 0. The van der Waals surface area contributed by atoms with E-state index in [9.17, 15) is 20.1 Å². The van der Waals surface area contributed by atoms with Crippen LogP contribution in [0, 0.1) is 0 Å². The molecule has 0 bridgehead atoms. The fourth-order valence-electron chi connectivity index (χ4n) is 10.2. The van der Waals surface area contributed by atoms with E-state index in [4.69, 9.17) is 0 Å². The van der Waals surface area contributed by atoms with E-state index in [1.807, 2.05) is 0 Å². The monoisotopic (exact) mass is 934 g/mol. The van der Waals surface area contributed by atoms with Gasteiger partial charge in [0.2, 0.25) is 5.91 Å². The summed E-state index contributed by atoms with van der Waals surface area (Å²) >= 11 is 0. The van der Waals surface area contributed by atoms with Crippen LogP contribution in [0.3, 0.4) is 0 Å². The lowest BCUT2D eigenvalue weighted by Gasteiger charge is -2.23. The fourth-order valence-corrected chi connectivity index (χ4v) is 10.2. The highest BCUT2D eigenvalue weighted by Gasteiger charge is 2.21. The maximum atomic E-state index is 12.5. The van der Waals surface area contributed by atoms with Gasteiger partial charge in [-0.3, -0.25) is 4.79 Å². The molecule has 66 heavy (non-hydrogen) atoms. The van der Waals surface area contributed by atoms with Gasteiger partial charge in [-0.15, -0.1) is 0 Å². The maximum Gasteiger partial charge on any atom is 0.222 e. The van der Waals surface area contributed by atoms with Crippen molar-refractivity contribution in [1.29, 1.82) is 0 Å². The molecule has 0 aromatic rings. The second-order valence-corrected chi connectivity index (χ2v) is 21.7. The van der Waals surface area contributed by atoms with Gasteiger partial charge in [0.05, 0.1) is 31.3 Å². The van der Waals surface area contributed by atoms with Gasteiger partial charge in [-0.05, 0) is 12.8 Å². The Morgan fingerprint density at radius 3 is 0.727 bits per heavy atom.